The third kappa shape index (κ3) is 3.01. The summed E-state index contributed by atoms with van der Waals surface area (Å²) in [5.74, 6) is 1.74. The van der Waals surface area contributed by atoms with Crippen LogP contribution in [0, 0.1) is 0 Å². The van der Waals surface area contributed by atoms with Gasteiger partial charge in [0.2, 0.25) is 5.91 Å². The molecule has 0 aromatic carbocycles. The molecule has 0 saturated carbocycles. The number of ether oxygens (including phenoxy) is 1. The normalized spacial score (nSPS) is 21.6. The standard InChI is InChI=1S/C16H21N3O2/c1-2-15(20)19-11-7-13(12-19)21-14-6-5-8-17-16(14)18-9-3-4-10-18/h2,5-6,8,13H,1,3-4,7,9-12H2/t13-/m0/s1. The molecule has 3 rings (SSSR count). The zero-order valence-electron chi connectivity index (χ0n) is 12.2. The lowest BCUT2D eigenvalue weighted by atomic mass is 10.3. The Bertz CT molecular complexity index is 526. The van der Waals surface area contributed by atoms with E-state index >= 15 is 0 Å². The monoisotopic (exact) mass is 287 g/mol. The predicted molar refractivity (Wildman–Crippen MR) is 81.5 cm³/mol. The fourth-order valence-electron chi connectivity index (χ4n) is 2.97. The van der Waals surface area contributed by atoms with Crippen molar-refractivity contribution >= 4 is 11.7 Å². The second kappa shape index (κ2) is 6.16. The fourth-order valence-corrected chi connectivity index (χ4v) is 2.97. The second-order valence-corrected chi connectivity index (χ2v) is 5.54. The number of pyridine rings is 1. The molecule has 0 radical (unpaired) electrons. The Morgan fingerprint density at radius 3 is 2.95 bits per heavy atom. The summed E-state index contributed by atoms with van der Waals surface area (Å²) in [4.78, 5) is 20.2. The summed E-state index contributed by atoms with van der Waals surface area (Å²) in [7, 11) is 0. The van der Waals surface area contributed by atoms with Crippen LogP contribution in [0.3, 0.4) is 0 Å². The van der Waals surface area contributed by atoms with Crippen LogP contribution in [0.25, 0.3) is 0 Å². The van der Waals surface area contributed by atoms with Crippen molar-refractivity contribution in [3.05, 3.63) is 31.0 Å². The highest BCUT2D eigenvalue weighted by molar-refractivity contribution is 5.87. The van der Waals surface area contributed by atoms with E-state index in [2.05, 4.69) is 16.5 Å². The van der Waals surface area contributed by atoms with Crippen LogP contribution in [0.15, 0.2) is 31.0 Å². The van der Waals surface area contributed by atoms with Gasteiger partial charge in [-0.1, -0.05) is 6.58 Å². The summed E-state index contributed by atoms with van der Waals surface area (Å²) in [5.41, 5.74) is 0. The summed E-state index contributed by atoms with van der Waals surface area (Å²) in [6.07, 6.45) is 6.49. The number of likely N-dealkylation sites (tertiary alicyclic amines) is 1. The van der Waals surface area contributed by atoms with Gasteiger partial charge in [0.25, 0.3) is 0 Å². The molecule has 1 atom stereocenters. The molecule has 21 heavy (non-hydrogen) atoms. The maximum Gasteiger partial charge on any atom is 0.246 e. The van der Waals surface area contributed by atoms with E-state index in [-0.39, 0.29) is 12.0 Å². The van der Waals surface area contributed by atoms with Gasteiger partial charge in [-0.15, -0.1) is 0 Å². The maximum atomic E-state index is 11.6. The number of anilines is 1. The largest absolute Gasteiger partial charge is 0.485 e. The first-order chi connectivity index (χ1) is 10.3. The maximum absolute atomic E-state index is 11.6. The molecule has 112 valence electrons. The second-order valence-electron chi connectivity index (χ2n) is 5.54. The minimum Gasteiger partial charge on any atom is -0.485 e. The van der Waals surface area contributed by atoms with Crippen molar-refractivity contribution in [2.24, 2.45) is 0 Å². The van der Waals surface area contributed by atoms with Gasteiger partial charge in [0.05, 0.1) is 6.54 Å². The van der Waals surface area contributed by atoms with Gasteiger partial charge in [0, 0.05) is 32.3 Å². The lowest BCUT2D eigenvalue weighted by molar-refractivity contribution is -0.125. The van der Waals surface area contributed by atoms with Gasteiger partial charge < -0.3 is 14.5 Å². The lowest BCUT2D eigenvalue weighted by Gasteiger charge is -2.22. The summed E-state index contributed by atoms with van der Waals surface area (Å²) >= 11 is 0. The first-order valence-electron chi connectivity index (χ1n) is 7.56. The molecule has 0 unspecified atom stereocenters. The average molecular weight is 287 g/mol. The van der Waals surface area contributed by atoms with Crippen molar-refractivity contribution in [2.75, 3.05) is 31.1 Å². The highest BCUT2D eigenvalue weighted by Crippen LogP contribution is 2.30. The van der Waals surface area contributed by atoms with E-state index in [1.54, 1.807) is 4.90 Å². The Hall–Kier alpha value is -2.04. The zero-order valence-corrected chi connectivity index (χ0v) is 12.2. The number of nitrogens with zero attached hydrogens (tertiary/aromatic N) is 3. The molecule has 2 saturated heterocycles. The van der Waals surface area contributed by atoms with Crippen LogP contribution < -0.4 is 9.64 Å². The Balaban J connectivity index is 1.68. The molecule has 2 aliphatic rings. The highest BCUT2D eigenvalue weighted by Gasteiger charge is 2.28. The number of rotatable bonds is 4. The first kappa shape index (κ1) is 13.9. The quantitative estimate of drug-likeness (QED) is 0.793. The van der Waals surface area contributed by atoms with Crippen molar-refractivity contribution in [3.8, 4) is 5.75 Å². The van der Waals surface area contributed by atoms with Crippen molar-refractivity contribution in [2.45, 2.75) is 25.4 Å². The van der Waals surface area contributed by atoms with E-state index in [0.29, 0.717) is 6.54 Å². The number of carbonyl (C=O) groups is 1. The number of aromatic nitrogens is 1. The number of amides is 1. The van der Waals surface area contributed by atoms with Gasteiger partial charge in [0.15, 0.2) is 11.6 Å². The molecule has 1 aromatic heterocycles. The van der Waals surface area contributed by atoms with Crippen LogP contribution in [0.1, 0.15) is 19.3 Å². The topological polar surface area (TPSA) is 45.7 Å². The molecule has 2 aliphatic heterocycles. The summed E-state index contributed by atoms with van der Waals surface area (Å²) in [5, 5.41) is 0. The number of carbonyl (C=O) groups excluding carboxylic acids is 1. The Morgan fingerprint density at radius 2 is 2.19 bits per heavy atom. The number of hydrogen-bond acceptors (Lipinski definition) is 4. The minimum atomic E-state index is -0.0212. The van der Waals surface area contributed by atoms with E-state index in [9.17, 15) is 4.79 Å². The average Bonchev–Trinajstić information content (AvgIpc) is 3.18. The van der Waals surface area contributed by atoms with Gasteiger partial charge in [-0.2, -0.15) is 0 Å². The van der Waals surface area contributed by atoms with E-state index in [1.807, 2.05) is 18.3 Å². The summed E-state index contributed by atoms with van der Waals surface area (Å²) < 4.78 is 6.11. The molecule has 5 heteroatoms. The highest BCUT2D eigenvalue weighted by atomic mass is 16.5. The van der Waals surface area contributed by atoms with Crippen molar-refractivity contribution in [1.82, 2.24) is 9.88 Å². The Kier molecular flexibility index (Phi) is 4.08. The van der Waals surface area contributed by atoms with Crippen LogP contribution in [0.4, 0.5) is 5.82 Å². The SMILES string of the molecule is C=CC(=O)N1CC[C@H](Oc2cccnc2N2CCCC2)C1. The van der Waals surface area contributed by atoms with Crippen LogP contribution in [-0.2, 0) is 4.79 Å². The molecule has 1 aromatic rings. The molecule has 0 bridgehead atoms. The molecule has 2 fully saturated rings. The van der Waals surface area contributed by atoms with Crippen LogP contribution in [0.2, 0.25) is 0 Å². The Morgan fingerprint density at radius 1 is 1.38 bits per heavy atom. The molecule has 0 spiro atoms. The molecular formula is C16H21N3O2. The molecule has 0 aliphatic carbocycles. The summed E-state index contributed by atoms with van der Waals surface area (Å²) in [6, 6.07) is 3.87. The molecule has 3 heterocycles. The van der Waals surface area contributed by atoms with E-state index in [0.717, 1.165) is 37.6 Å². The molecule has 0 N–H and O–H groups in total. The smallest absolute Gasteiger partial charge is 0.246 e. The molecule has 1 amide bonds. The summed E-state index contributed by atoms with van der Waals surface area (Å²) in [6.45, 7) is 6.97. The first-order valence-corrected chi connectivity index (χ1v) is 7.56. The van der Waals surface area contributed by atoms with Gasteiger partial charge in [-0.3, -0.25) is 4.79 Å². The third-order valence-corrected chi connectivity index (χ3v) is 4.08. The van der Waals surface area contributed by atoms with Crippen molar-refractivity contribution in [3.63, 3.8) is 0 Å². The fraction of sp³-hybridized carbons (Fsp3) is 0.500. The third-order valence-electron chi connectivity index (χ3n) is 4.08. The van der Waals surface area contributed by atoms with E-state index in [1.165, 1.54) is 18.9 Å². The van der Waals surface area contributed by atoms with E-state index in [4.69, 9.17) is 4.74 Å². The van der Waals surface area contributed by atoms with Crippen LogP contribution in [0.5, 0.6) is 5.75 Å². The van der Waals surface area contributed by atoms with Gasteiger partial charge in [-0.05, 0) is 31.1 Å². The Labute approximate surface area is 125 Å². The number of hydrogen-bond donors (Lipinski definition) is 0. The zero-order chi connectivity index (χ0) is 14.7. The van der Waals surface area contributed by atoms with E-state index < -0.39 is 0 Å². The predicted octanol–water partition coefficient (Wildman–Crippen LogP) is 1.85. The van der Waals surface area contributed by atoms with Gasteiger partial charge in [0.1, 0.15) is 6.10 Å². The van der Waals surface area contributed by atoms with Crippen molar-refractivity contribution < 1.29 is 9.53 Å². The van der Waals surface area contributed by atoms with Crippen LogP contribution in [-0.4, -0.2) is 48.1 Å². The van der Waals surface area contributed by atoms with Crippen molar-refractivity contribution in [1.29, 1.82) is 0 Å². The molecular weight excluding hydrogens is 266 g/mol. The van der Waals surface area contributed by atoms with Crippen LogP contribution >= 0.6 is 0 Å². The van der Waals surface area contributed by atoms with Gasteiger partial charge in [-0.25, -0.2) is 4.98 Å². The lowest BCUT2D eigenvalue weighted by Crippen LogP contribution is -2.29. The minimum absolute atomic E-state index is 0.0212. The molecule has 5 nitrogen and oxygen atoms in total. The van der Waals surface area contributed by atoms with Gasteiger partial charge >= 0.3 is 0 Å².